The highest BCUT2D eigenvalue weighted by molar-refractivity contribution is 6.11. The van der Waals surface area contributed by atoms with Crippen molar-refractivity contribution in [3.63, 3.8) is 0 Å². The summed E-state index contributed by atoms with van der Waals surface area (Å²) >= 11 is 0. The molecule has 2 aromatic heterocycles. The minimum atomic E-state index is -0.659. The number of aromatic nitrogens is 2. The molecule has 1 amide bonds. The zero-order valence-electron chi connectivity index (χ0n) is 18.2. The number of carbonyl (C=O) groups excluding carboxylic acids is 1. The molecule has 0 saturated carbocycles. The van der Waals surface area contributed by atoms with Crippen LogP contribution < -0.4 is 10.6 Å². The van der Waals surface area contributed by atoms with Crippen LogP contribution in [0.4, 0.5) is 15.9 Å². The Labute approximate surface area is 180 Å². The molecule has 3 heterocycles. The van der Waals surface area contributed by atoms with Gasteiger partial charge in [0.1, 0.15) is 23.4 Å². The lowest BCUT2D eigenvalue weighted by atomic mass is 10.1. The molecular weight excluding hydrogens is 399 g/mol. The molecule has 164 valence electrons. The fraction of sp³-hybridized carbons (Fsp3) is 0.391. The third-order valence-electron chi connectivity index (χ3n) is 5.43. The number of benzene rings is 1. The Balaban J connectivity index is 1.65. The molecule has 0 radical (unpaired) electrons. The number of rotatable bonds is 6. The van der Waals surface area contributed by atoms with Crippen molar-refractivity contribution in [3.8, 4) is 0 Å². The second kappa shape index (κ2) is 8.28. The normalized spacial score (nSPS) is 17.8. The van der Waals surface area contributed by atoms with Crippen molar-refractivity contribution in [1.29, 1.82) is 0 Å². The van der Waals surface area contributed by atoms with Gasteiger partial charge in [0.25, 0.3) is 5.91 Å². The molecule has 2 N–H and O–H groups in total. The summed E-state index contributed by atoms with van der Waals surface area (Å²) in [6, 6.07) is 8.66. The van der Waals surface area contributed by atoms with Crippen molar-refractivity contribution < 1.29 is 18.7 Å². The number of hydrogen-bond acceptors (Lipinski definition) is 5. The number of ether oxygens (including phenoxy) is 2. The standard InChI is InChI=1S/C23H27FN4O3/c1-5-14-8-9-18(17(24)11-14)27-21-19(16-7-6-10-25-20(16)28(21)4)22(29)26-12-15-13-30-23(2,3)31-15/h6-11,15,27H,5,12-13H2,1-4H3,(H,26,29)/t15-/m0/s1. The molecule has 7 nitrogen and oxygen atoms in total. The first-order valence-electron chi connectivity index (χ1n) is 10.4. The van der Waals surface area contributed by atoms with Crippen LogP contribution in [-0.2, 0) is 22.9 Å². The van der Waals surface area contributed by atoms with Crippen molar-refractivity contribution in [2.75, 3.05) is 18.5 Å². The van der Waals surface area contributed by atoms with E-state index in [4.69, 9.17) is 9.47 Å². The molecule has 0 aliphatic carbocycles. The quantitative estimate of drug-likeness (QED) is 0.625. The van der Waals surface area contributed by atoms with Gasteiger partial charge in [-0.3, -0.25) is 4.79 Å². The summed E-state index contributed by atoms with van der Waals surface area (Å²) < 4.78 is 27.7. The summed E-state index contributed by atoms with van der Waals surface area (Å²) in [5.74, 6) is -0.853. The van der Waals surface area contributed by atoms with Crippen molar-refractivity contribution in [2.45, 2.75) is 39.1 Å². The van der Waals surface area contributed by atoms with E-state index in [2.05, 4.69) is 15.6 Å². The number of nitrogens with zero attached hydrogens (tertiary/aromatic N) is 2. The molecule has 1 fully saturated rings. The third-order valence-corrected chi connectivity index (χ3v) is 5.43. The number of hydrogen-bond donors (Lipinski definition) is 2. The van der Waals surface area contributed by atoms with E-state index < -0.39 is 5.79 Å². The number of fused-ring (bicyclic) bond motifs is 1. The number of amides is 1. The molecule has 8 heteroatoms. The maximum Gasteiger partial charge on any atom is 0.255 e. The molecular formula is C23H27FN4O3. The van der Waals surface area contributed by atoms with E-state index in [1.807, 2.05) is 32.9 Å². The summed E-state index contributed by atoms with van der Waals surface area (Å²) in [6.45, 7) is 6.36. The van der Waals surface area contributed by atoms with Crippen LogP contribution in [0.25, 0.3) is 11.0 Å². The van der Waals surface area contributed by atoms with Gasteiger partial charge < -0.3 is 24.7 Å². The number of anilines is 2. The topological polar surface area (TPSA) is 77.4 Å². The zero-order chi connectivity index (χ0) is 22.2. The van der Waals surface area contributed by atoms with Gasteiger partial charge in [-0.2, -0.15) is 0 Å². The molecule has 1 atom stereocenters. The highest BCUT2D eigenvalue weighted by Gasteiger charge is 2.33. The average Bonchev–Trinajstić information content (AvgIpc) is 3.24. The summed E-state index contributed by atoms with van der Waals surface area (Å²) in [4.78, 5) is 17.6. The summed E-state index contributed by atoms with van der Waals surface area (Å²) in [6.07, 6.45) is 2.17. The molecule has 0 bridgehead atoms. The first kappa shape index (κ1) is 21.3. The van der Waals surface area contributed by atoms with Gasteiger partial charge in [-0.25, -0.2) is 9.37 Å². The van der Waals surface area contributed by atoms with Gasteiger partial charge in [-0.15, -0.1) is 0 Å². The largest absolute Gasteiger partial charge is 0.349 e. The first-order chi connectivity index (χ1) is 14.8. The van der Waals surface area contributed by atoms with Crippen molar-refractivity contribution in [2.24, 2.45) is 7.05 Å². The monoisotopic (exact) mass is 426 g/mol. The van der Waals surface area contributed by atoms with Crippen molar-refractivity contribution in [3.05, 3.63) is 53.5 Å². The molecule has 1 aromatic carbocycles. The van der Waals surface area contributed by atoms with E-state index in [9.17, 15) is 9.18 Å². The fourth-order valence-corrected chi connectivity index (χ4v) is 3.80. The Morgan fingerprint density at radius 2 is 2.16 bits per heavy atom. The van der Waals surface area contributed by atoms with Crippen LogP contribution in [0.5, 0.6) is 0 Å². The van der Waals surface area contributed by atoms with Gasteiger partial charge >= 0.3 is 0 Å². The molecule has 31 heavy (non-hydrogen) atoms. The predicted molar refractivity (Wildman–Crippen MR) is 117 cm³/mol. The van der Waals surface area contributed by atoms with Gasteiger partial charge in [0.2, 0.25) is 0 Å². The second-order valence-electron chi connectivity index (χ2n) is 8.11. The summed E-state index contributed by atoms with van der Waals surface area (Å²) in [7, 11) is 1.79. The Bertz CT molecular complexity index is 1130. The highest BCUT2D eigenvalue weighted by Crippen LogP contribution is 2.31. The molecule has 0 unspecified atom stereocenters. The van der Waals surface area contributed by atoms with E-state index in [1.165, 1.54) is 6.07 Å². The van der Waals surface area contributed by atoms with Crippen LogP contribution in [0.2, 0.25) is 0 Å². The van der Waals surface area contributed by atoms with Gasteiger partial charge in [0.15, 0.2) is 5.79 Å². The molecule has 1 aliphatic rings. The number of pyridine rings is 1. The predicted octanol–water partition coefficient (Wildman–Crippen LogP) is 3.90. The smallest absolute Gasteiger partial charge is 0.255 e. The van der Waals surface area contributed by atoms with E-state index in [0.29, 0.717) is 41.3 Å². The van der Waals surface area contributed by atoms with Crippen LogP contribution in [0.3, 0.4) is 0 Å². The van der Waals surface area contributed by atoms with Gasteiger partial charge in [-0.05, 0) is 50.1 Å². The average molecular weight is 426 g/mol. The van der Waals surface area contributed by atoms with Crippen molar-refractivity contribution in [1.82, 2.24) is 14.9 Å². The molecule has 1 saturated heterocycles. The Morgan fingerprint density at radius 3 is 2.84 bits per heavy atom. The molecule has 0 spiro atoms. The molecule has 3 aromatic rings. The lowest BCUT2D eigenvalue weighted by molar-refractivity contribution is -0.137. The highest BCUT2D eigenvalue weighted by atomic mass is 19.1. The lowest BCUT2D eigenvalue weighted by Gasteiger charge is -2.17. The first-order valence-corrected chi connectivity index (χ1v) is 10.4. The Kier molecular flexibility index (Phi) is 5.68. The summed E-state index contributed by atoms with van der Waals surface area (Å²) in [5.41, 5.74) is 2.23. The van der Waals surface area contributed by atoms with Gasteiger partial charge in [0.05, 0.1) is 17.9 Å². The van der Waals surface area contributed by atoms with Gasteiger partial charge in [0, 0.05) is 25.2 Å². The zero-order valence-corrected chi connectivity index (χ0v) is 18.2. The number of carbonyl (C=O) groups is 1. The van der Waals surface area contributed by atoms with E-state index >= 15 is 0 Å². The summed E-state index contributed by atoms with van der Waals surface area (Å²) in [5, 5.41) is 6.71. The van der Waals surface area contributed by atoms with Crippen LogP contribution in [0, 0.1) is 5.82 Å². The fourth-order valence-electron chi connectivity index (χ4n) is 3.80. The minimum absolute atomic E-state index is 0.234. The van der Waals surface area contributed by atoms with Gasteiger partial charge in [-0.1, -0.05) is 13.0 Å². The molecule has 1 aliphatic heterocycles. The maximum absolute atomic E-state index is 14.6. The van der Waals surface area contributed by atoms with Crippen LogP contribution in [-0.4, -0.2) is 40.5 Å². The maximum atomic E-state index is 14.6. The van der Waals surface area contributed by atoms with Crippen LogP contribution in [0.15, 0.2) is 36.5 Å². The van der Waals surface area contributed by atoms with E-state index in [1.54, 1.807) is 29.9 Å². The number of halogens is 1. The minimum Gasteiger partial charge on any atom is -0.349 e. The van der Waals surface area contributed by atoms with Crippen LogP contribution in [0.1, 0.15) is 36.7 Å². The molecule has 4 rings (SSSR count). The SMILES string of the molecule is CCc1ccc(Nc2c(C(=O)NC[C@H]3COC(C)(C)O3)c3cccnc3n2C)c(F)c1. The number of nitrogens with one attached hydrogen (secondary N) is 2. The number of aryl methyl sites for hydroxylation is 2. The second-order valence-corrected chi connectivity index (χ2v) is 8.11. The van der Waals surface area contributed by atoms with E-state index in [-0.39, 0.29) is 17.8 Å². The van der Waals surface area contributed by atoms with Crippen molar-refractivity contribution >= 4 is 28.4 Å². The Morgan fingerprint density at radius 1 is 1.35 bits per heavy atom. The lowest BCUT2D eigenvalue weighted by Crippen LogP contribution is -2.34. The Hall–Kier alpha value is -2.97. The van der Waals surface area contributed by atoms with Crippen LogP contribution >= 0.6 is 0 Å². The van der Waals surface area contributed by atoms with E-state index in [0.717, 1.165) is 12.0 Å². The third kappa shape index (κ3) is 4.26.